The minimum atomic E-state index is -3.68. The summed E-state index contributed by atoms with van der Waals surface area (Å²) in [4.78, 5) is 0.157. The quantitative estimate of drug-likeness (QED) is 0.920. The van der Waals surface area contributed by atoms with Gasteiger partial charge in [0.25, 0.3) is 0 Å². The van der Waals surface area contributed by atoms with Gasteiger partial charge in [-0.25, -0.2) is 12.8 Å². The van der Waals surface area contributed by atoms with Gasteiger partial charge in [-0.05, 0) is 23.8 Å². The minimum absolute atomic E-state index is 0.0259. The summed E-state index contributed by atoms with van der Waals surface area (Å²) in [6, 6.07) is 12.6. The Morgan fingerprint density at radius 3 is 2.52 bits per heavy atom. The van der Waals surface area contributed by atoms with Crippen molar-refractivity contribution in [1.82, 2.24) is 4.31 Å². The Hall–Kier alpha value is -1.76. The van der Waals surface area contributed by atoms with E-state index in [0.717, 1.165) is 9.87 Å². The molecule has 0 fully saturated rings. The van der Waals surface area contributed by atoms with E-state index < -0.39 is 15.8 Å². The van der Waals surface area contributed by atoms with Gasteiger partial charge in [-0.15, -0.1) is 0 Å². The Morgan fingerprint density at radius 1 is 1.14 bits per heavy atom. The van der Waals surface area contributed by atoms with Gasteiger partial charge in [-0.2, -0.15) is 4.31 Å². The number of halogens is 1. The van der Waals surface area contributed by atoms with Crippen molar-refractivity contribution in [2.75, 3.05) is 7.05 Å². The molecule has 2 aromatic carbocycles. The second kappa shape index (κ2) is 6.34. The van der Waals surface area contributed by atoms with Gasteiger partial charge < -0.3 is 5.73 Å². The topological polar surface area (TPSA) is 63.4 Å². The maximum atomic E-state index is 13.6. The second-order valence-corrected chi connectivity index (χ2v) is 6.75. The zero-order valence-electron chi connectivity index (χ0n) is 11.7. The van der Waals surface area contributed by atoms with Gasteiger partial charge in [0.05, 0.1) is 4.90 Å². The summed E-state index contributed by atoms with van der Waals surface area (Å²) in [5, 5.41) is 0. The lowest BCUT2D eigenvalue weighted by molar-refractivity contribution is 0.456. The van der Waals surface area contributed by atoms with E-state index in [9.17, 15) is 12.8 Å². The third-order valence-corrected chi connectivity index (χ3v) is 4.99. The van der Waals surface area contributed by atoms with Crippen molar-refractivity contribution < 1.29 is 12.8 Å². The number of nitrogens with zero attached hydrogens (tertiary/aromatic N) is 1. The normalized spacial score (nSPS) is 11.8. The van der Waals surface area contributed by atoms with Crippen LogP contribution in [-0.4, -0.2) is 19.8 Å². The minimum Gasteiger partial charge on any atom is -0.326 e. The molecule has 0 unspecified atom stereocenters. The first-order valence-corrected chi connectivity index (χ1v) is 7.88. The third kappa shape index (κ3) is 3.47. The molecule has 0 radical (unpaired) electrons. The number of benzene rings is 2. The Labute approximate surface area is 124 Å². The number of rotatable bonds is 5. The fourth-order valence-electron chi connectivity index (χ4n) is 1.96. The molecule has 0 bridgehead atoms. The van der Waals surface area contributed by atoms with Crippen LogP contribution in [0.5, 0.6) is 0 Å². The SMILES string of the molecule is CN(Cc1ccccc1F)S(=O)(=O)c1cccc(CN)c1. The molecular weight excluding hydrogens is 291 g/mol. The van der Waals surface area contributed by atoms with Crippen LogP contribution in [0.2, 0.25) is 0 Å². The van der Waals surface area contributed by atoms with Crippen LogP contribution in [0.15, 0.2) is 53.4 Å². The molecule has 112 valence electrons. The van der Waals surface area contributed by atoms with Gasteiger partial charge >= 0.3 is 0 Å². The molecule has 0 saturated carbocycles. The highest BCUT2D eigenvalue weighted by molar-refractivity contribution is 7.89. The van der Waals surface area contributed by atoms with Crippen molar-refractivity contribution >= 4 is 10.0 Å². The maximum absolute atomic E-state index is 13.6. The molecule has 6 heteroatoms. The lowest BCUT2D eigenvalue weighted by atomic mass is 10.2. The number of nitrogens with two attached hydrogens (primary N) is 1. The van der Waals surface area contributed by atoms with Crippen LogP contribution in [0.4, 0.5) is 4.39 Å². The summed E-state index contributed by atoms with van der Waals surface area (Å²) >= 11 is 0. The molecule has 0 aliphatic heterocycles. The van der Waals surface area contributed by atoms with Gasteiger partial charge in [-0.1, -0.05) is 30.3 Å². The number of hydrogen-bond acceptors (Lipinski definition) is 3. The van der Waals surface area contributed by atoms with E-state index in [1.54, 1.807) is 30.3 Å². The first-order valence-electron chi connectivity index (χ1n) is 6.44. The van der Waals surface area contributed by atoms with E-state index in [1.807, 2.05) is 0 Å². The largest absolute Gasteiger partial charge is 0.326 e. The maximum Gasteiger partial charge on any atom is 0.243 e. The smallest absolute Gasteiger partial charge is 0.243 e. The predicted octanol–water partition coefficient (Wildman–Crippen LogP) is 2.11. The van der Waals surface area contributed by atoms with Gasteiger partial charge in [0.15, 0.2) is 0 Å². The monoisotopic (exact) mass is 308 g/mol. The van der Waals surface area contributed by atoms with Crippen LogP contribution in [0.1, 0.15) is 11.1 Å². The van der Waals surface area contributed by atoms with E-state index in [1.165, 1.54) is 25.2 Å². The highest BCUT2D eigenvalue weighted by Crippen LogP contribution is 2.19. The molecule has 0 aliphatic carbocycles. The molecule has 21 heavy (non-hydrogen) atoms. The lowest BCUT2D eigenvalue weighted by Gasteiger charge is -2.18. The van der Waals surface area contributed by atoms with Crippen LogP contribution in [-0.2, 0) is 23.1 Å². The summed E-state index contributed by atoms with van der Waals surface area (Å²) < 4.78 is 39.7. The molecule has 4 nitrogen and oxygen atoms in total. The summed E-state index contributed by atoms with van der Waals surface area (Å²) in [6.45, 7) is 0.238. The van der Waals surface area contributed by atoms with Crippen molar-refractivity contribution in [3.8, 4) is 0 Å². The zero-order valence-corrected chi connectivity index (χ0v) is 12.5. The average Bonchev–Trinajstić information content (AvgIpc) is 2.49. The average molecular weight is 308 g/mol. The van der Waals surface area contributed by atoms with Crippen molar-refractivity contribution in [3.05, 3.63) is 65.5 Å². The predicted molar refractivity (Wildman–Crippen MR) is 79.4 cm³/mol. The van der Waals surface area contributed by atoms with Gasteiger partial charge in [0.1, 0.15) is 5.82 Å². The standard InChI is InChI=1S/C15H17FN2O2S/c1-18(11-13-6-2-3-8-15(13)16)21(19,20)14-7-4-5-12(9-14)10-17/h2-9H,10-11,17H2,1H3. The van der Waals surface area contributed by atoms with E-state index in [0.29, 0.717) is 5.56 Å². The number of hydrogen-bond donors (Lipinski definition) is 1. The van der Waals surface area contributed by atoms with Crippen LogP contribution < -0.4 is 5.73 Å². The van der Waals surface area contributed by atoms with E-state index >= 15 is 0 Å². The lowest BCUT2D eigenvalue weighted by Crippen LogP contribution is -2.27. The number of sulfonamides is 1. The Kier molecular flexibility index (Phi) is 4.72. The molecule has 2 rings (SSSR count). The van der Waals surface area contributed by atoms with Crippen LogP contribution >= 0.6 is 0 Å². The van der Waals surface area contributed by atoms with Gasteiger partial charge in [-0.3, -0.25) is 0 Å². The molecule has 0 atom stereocenters. The summed E-state index contributed by atoms with van der Waals surface area (Å²) in [7, 11) is -2.25. The molecule has 0 spiro atoms. The van der Waals surface area contributed by atoms with Crippen molar-refractivity contribution in [1.29, 1.82) is 0 Å². The van der Waals surface area contributed by atoms with Crippen LogP contribution in [0.25, 0.3) is 0 Å². The molecule has 0 amide bonds. The highest BCUT2D eigenvalue weighted by atomic mass is 32.2. The van der Waals surface area contributed by atoms with Gasteiger partial charge in [0, 0.05) is 25.7 Å². The molecule has 0 aliphatic rings. The summed E-state index contributed by atoms with van der Waals surface area (Å²) in [6.07, 6.45) is 0. The highest BCUT2D eigenvalue weighted by Gasteiger charge is 2.21. The Morgan fingerprint density at radius 2 is 1.86 bits per heavy atom. The second-order valence-electron chi connectivity index (χ2n) is 4.70. The zero-order chi connectivity index (χ0) is 15.5. The summed E-state index contributed by atoms with van der Waals surface area (Å²) in [5.74, 6) is -0.421. The van der Waals surface area contributed by atoms with E-state index in [2.05, 4.69) is 0 Å². The van der Waals surface area contributed by atoms with Crippen molar-refractivity contribution in [3.63, 3.8) is 0 Å². The first kappa shape index (κ1) is 15.6. The Balaban J connectivity index is 2.28. The first-order chi connectivity index (χ1) is 9.95. The van der Waals surface area contributed by atoms with Crippen LogP contribution in [0.3, 0.4) is 0 Å². The summed E-state index contributed by atoms with van der Waals surface area (Å²) in [5.41, 5.74) is 6.59. The molecule has 0 saturated heterocycles. The Bertz CT molecular complexity index is 732. The van der Waals surface area contributed by atoms with Gasteiger partial charge in [0.2, 0.25) is 10.0 Å². The molecular formula is C15H17FN2O2S. The van der Waals surface area contributed by atoms with Crippen molar-refractivity contribution in [2.24, 2.45) is 5.73 Å². The molecule has 0 aromatic heterocycles. The fourth-order valence-corrected chi connectivity index (χ4v) is 3.18. The third-order valence-electron chi connectivity index (χ3n) is 3.19. The molecule has 0 heterocycles. The van der Waals surface area contributed by atoms with Crippen LogP contribution in [0, 0.1) is 5.82 Å². The van der Waals surface area contributed by atoms with E-state index in [-0.39, 0.29) is 18.0 Å². The molecule has 2 N–H and O–H groups in total. The van der Waals surface area contributed by atoms with Crippen molar-refractivity contribution in [2.45, 2.75) is 18.0 Å². The fraction of sp³-hybridized carbons (Fsp3) is 0.200. The molecule has 2 aromatic rings. The van der Waals surface area contributed by atoms with E-state index in [4.69, 9.17) is 5.73 Å².